The first-order valence-electron chi connectivity index (χ1n) is 12.1. The number of nitrogens with one attached hydrogen (secondary N) is 1. The van der Waals surface area contributed by atoms with Gasteiger partial charge in [0.1, 0.15) is 0 Å². The minimum absolute atomic E-state index is 0.0271. The summed E-state index contributed by atoms with van der Waals surface area (Å²) in [6, 6.07) is 8.89. The second kappa shape index (κ2) is 9.88. The highest BCUT2D eigenvalue weighted by atomic mass is 16.5. The maximum atomic E-state index is 5.46. The molecule has 1 atom stereocenters. The van der Waals surface area contributed by atoms with Crippen molar-refractivity contribution in [1.29, 1.82) is 0 Å². The van der Waals surface area contributed by atoms with Crippen LogP contribution >= 0.6 is 0 Å². The van der Waals surface area contributed by atoms with Crippen LogP contribution in [-0.4, -0.2) is 43.9 Å². The van der Waals surface area contributed by atoms with E-state index in [0.29, 0.717) is 12.0 Å². The van der Waals surface area contributed by atoms with Gasteiger partial charge >= 0.3 is 0 Å². The van der Waals surface area contributed by atoms with Crippen LogP contribution in [0.1, 0.15) is 46.8 Å². The molecule has 2 aliphatic heterocycles. The molecule has 35 heavy (non-hydrogen) atoms. The Balaban J connectivity index is 1.41. The standard InChI is InChI=1S/C28H32N6O/c1-19-5-6-23(15-20(19)2)27(24-17-30-33(4)18-24)34-12-8-22(16-21(34)3)26-7-11-29-28(32-26)31-25-9-13-35-14-10-25/h5-8,11-12,15-18,25,27H,3,9-10,13-14H2,1-2,4H3,(H,29,31,32). The lowest BCUT2D eigenvalue weighted by Gasteiger charge is -2.33. The number of hydrogen-bond donors (Lipinski definition) is 1. The van der Waals surface area contributed by atoms with Gasteiger partial charge in [-0.05, 0) is 61.6 Å². The highest BCUT2D eigenvalue weighted by molar-refractivity contribution is 5.75. The van der Waals surface area contributed by atoms with E-state index in [4.69, 9.17) is 9.72 Å². The van der Waals surface area contributed by atoms with E-state index < -0.39 is 0 Å². The van der Waals surface area contributed by atoms with Gasteiger partial charge in [-0.3, -0.25) is 4.68 Å². The molecule has 3 aromatic rings. The van der Waals surface area contributed by atoms with Gasteiger partial charge in [0.2, 0.25) is 5.95 Å². The van der Waals surface area contributed by atoms with E-state index in [2.05, 4.69) is 83.5 Å². The zero-order chi connectivity index (χ0) is 24.4. The monoisotopic (exact) mass is 468 g/mol. The first-order valence-corrected chi connectivity index (χ1v) is 12.1. The summed E-state index contributed by atoms with van der Waals surface area (Å²) < 4.78 is 7.30. The SMILES string of the molecule is C=C1C=C(c2ccnc(NC3CCOCC3)n2)C=CN1C(c1ccc(C)c(C)c1)c1cnn(C)c1. The second-order valence-electron chi connectivity index (χ2n) is 9.30. The highest BCUT2D eigenvalue weighted by Crippen LogP contribution is 2.36. The Morgan fingerprint density at radius 1 is 1.11 bits per heavy atom. The van der Waals surface area contributed by atoms with Gasteiger partial charge in [-0.1, -0.05) is 24.8 Å². The third-order valence-electron chi connectivity index (χ3n) is 6.74. The molecule has 7 heteroatoms. The van der Waals surface area contributed by atoms with Crippen molar-refractivity contribution in [2.45, 2.75) is 38.8 Å². The predicted octanol–water partition coefficient (Wildman–Crippen LogP) is 4.93. The van der Waals surface area contributed by atoms with Gasteiger partial charge in [-0.25, -0.2) is 9.97 Å². The Kier molecular flexibility index (Phi) is 6.51. The third-order valence-corrected chi connectivity index (χ3v) is 6.74. The molecule has 4 heterocycles. The number of nitrogens with zero attached hydrogens (tertiary/aromatic N) is 5. The number of allylic oxidation sites excluding steroid dienone is 3. The van der Waals surface area contributed by atoms with Crippen LogP contribution in [0.2, 0.25) is 0 Å². The van der Waals surface area contributed by atoms with E-state index in [9.17, 15) is 0 Å². The Hall–Kier alpha value is -3.71. The number of aryl methyl sites for hydroxylation is 3. The van der Waals surface area contributed by atoms with Crippen LogP contribution < -0.4 is 5.32 Å². The number of rotatable bonds is 6. The van der Waals surface area contributed by atoms with Crippen LogP contribution in [-0.2, 0) is 11.8 Å². The first kappa shape index (κ1) is 23.1. The Morgan fingerprint density at radius 3 is 2.66 bits per heavy atom. The van der Waals surface area contributed by atoms with E-state index >= 15 is 0 Å². The molecule has 0 bridgehead atoms. The largest absolute Gasteiger partial charge is 0.381 e. The van der Waals surface area contributed by atoms with Crippen LogP contribution in [0.5, 0.6) is 0 Å². The molecule has 1 N–H and O–H groups in total. The number of aromatic nitrogens is 4. The van der Waals surface area contributed by atoms with Crippen LogP contribution in [0.3, 0.4) is 0 Å². The molecule has 0 saturated carbocycles. The molecule has 1 unspecified atom stereocenters. The fourth-order valence-corrected chi connectivity index (χ4v) is 4.61. The summed E-state index contributed by atoms with van der Waals surface area (Å²) in [5.74, 6) is 0.653. The molecule has 0 aliphatic carbocycles. The molecule has 0 spiro atoms. The number of anilines is 1. The lowest BCUT2D eigenvalue weighted by atomic mass is 9.95. The van der Waals surface area contributed by atoms with Crippen molar-refractivity contribution in [3.05, 3.63) is 101 Å². The van der Waals surface area contributed by atoms with Crippen molar-refractivity contribution in [3.8, 4) is 0 Å². The van der Waals surface area contributed by atoms with Crippen molar-refractivity contribution in [2.24, 2.45) is 7.05 Å². The molecule has 0 radical (unpaired) electrons. The fourth-order valence-electron chi connectivity index (χ4n) is 4.61. The van der Waals surface area contributed by atoms with Gasteiger partial charge in [0, 0.05) is 61.7 Å². The van der Waals surface area contributed by atoms with E-state index in [1.165, 1.54) is 16.7 Å². The van der Waals surface area contributed by atoms with Gasteiger partial charge in [-0.2, -0.15) is 5.10 Å². The Bertz CT molecular complexity index is 1280. The maximum absolute atomic E-state index is 5.46. The van der Waals surface area contributed by atoms with Gasteiger partial charge in [0.15, 0.2) is 0 Å². The Labute approximate surface area is 206 Å². The molecular weight excluding hydrogens is 436 g/mol. The second-order valence-corrected chi connectivity index (χ2v) is 9.30. The van der Waals surface area contributed by atoms with Gasteiger partial charge < -0.3 is 15.0 Å². The molecular formula is C28H32N6O. The van der Waals surface area contributed by atoms with E-state index in [1.807, 2.05) is 24.0 Å². The lowest BCUT2D eigenvalue weighted by Crippen LogP contribution is -2.28. The molecule has 1 fully saturated rings. The van der Waals surface area contributed by atoms with E-state index in [-0.39, 0.29) is 6.04 Å². The van der Waals surface area contributed by atoms with Crippen LogP contribution in [0, 0.1) is 13.8 Å². The maximum Gasteiger partial charge on any atom is 0.223 e. The number of benzene rings is 1. The van der Waals surface area contributed by atoms with Crippen molar-refractivity contribution < 1.29 is 4.74 Å². The van der Waals surface area contributed by atoms with Crippen molar-refractivity contribution in [3.63, 3.8) is 0 Å². The average molecular weight is 469 g/mol. The van der Waals surface area contributed by atoms with E-state index in [0.717, 1.165) is 48.6 Å². The van der Waals surface area contributed by atoms with Gasteiger partial charge in [-0.15, -0.1) is 0 Å². The van der Waals surface area contributed by atoms with Crippen molar-refractivity contribution in [1.82, 2.24) is 24.6 Å². The predicted molar refractivity (Wildman–Crippen MR) is 139 cm³/mol. The summed E-state index contributed by atoms with van der Waals surface area (Å²) in [7, 11) is 1.95. The number of hydrogen-bond acceptors (Lipinski definition) is 6. The average Bonchev–Trinajstić information content (AvgIpc) is 3.29. The van der Waals surface area contributed by atoms with Gasteiger partial charge in [0.25, 0.3) is 0 Å². The molecule has 7 nitrogen and oxygen atoms in total. The molecule has 180 valence electrons. The number of ether oxygens (including phenoxy) is 1. The zero-order valence-electron chi connectivity index (χ0n) is 20.6. The smallest absolute Gasteiger partial charge is 0.223 e. The van der Waals surface area contributed by atoms with Gasteiger partial charge in [0.05, 0.1) is 17.9 Å². The summed E-state index contributed by atoms with van der Waals surface area (Å²) in [5.41, 5.74) is 7.64. The first-order chi connectivity index (χ1) is 17.0. The van der Waals surface area contributed by atoms with Crippen molar-refractivity contribution >= 4 is 11.5 Å². The molecule has 2 aromatic heterocycles. The quantitative estimate of drug-likeness (QED) is 0.553. The van der Waals surface area contributed by atoms with E-state index in [1.54, 1.807) is 6.20 Å². The topological polar surface area (TPSA) is 68.1 Å². The minimum atomic E-state index is -0.0271. The van der Waals surface area contributed by atoms with Crippen LogP contribution in [0.25, 0.3) is 5.57 Å². The fraction of sp³-hybridized carbons (Fsp3) is 0.321. The summed E-state index contributed by atoms with van der Waals surface area (Å²) in [6.07, 6.45) is 14.0. The molecule has 0 amide bonds. The lowest BCUT2D eigenvalue weighted by molar-refractivity contribution is 0.0903. The summed E-state index contributed by atoms with van der Waals surface area (Å²) in [6.45, 7) is 10.2. The normalized spacial score (nSPS) is 17.4. The van der Waals surface area contributed by atoms with Crippen LogP contribution in [0.15, 0.2) is 73.5 Å². The van der Waals surface area contributed by atoms with Crippen LogP contribution in [0.4, 0.5) is 5.95 Å². The highest BCUT2D eigenvalue weighted by Gasteiger charge is 2.25. The molecule has 1 saturated heterocycles. The summed E-state index contributed by atoms with van der Waals surface area (Å²) in [4.78, 5) is 11.4. The van der Waals surface area contributed by atoms with Crippen molar-refractivity contribution in [2.75, 3.05) is 18.5 Å². The Morgan fingerprint density at radius 2 is 1.94 bits per heavy atom. The molecule has 5 rings (SSSR count). The summed E-state index contributed by atoms with van der Waals surface area (Å²) >= 11 is 0. The summed E-state index contributed by atoms with van der Waals surface area (Å²) in [5, 5.41) is 7.89. The molecule has 1 aromatic carbocycles. The molecule has 2 aliphatic rings. The third kappa shape index (κ3) is 5.05. The zero-order valence-corrected chi connectivity index (χ0v) is 20.6. The minimum Gasteiger partial charge on any atom is -0.381 e.